The minimum atomic E-state index is -0.576. The number of nitrogens with zero attached hydrogens (tertiary/aromatic N) is 1. The standard InChI is InChI=1S/C16H23N3O.2ClH/c17-16(6-7-16)15(20)18-11-13-4-3-5-14(10-13)12-19-8-1-2-9-19;;/h3-5,10H,1-2,6-9,11-12,17H2,(H,18,20);2*1H. The fraction of sp³-hybridized carbons (Fsp3) is 0.562. The molecule has 1 saturated heterocycles. The summed E-state index contributed by atoms with van der Waals surface area (Å²) in [5, 5.41) is 2.94. The van der Waals surface area contributed by atoms with Crippen molar-refractivity contribution in [1.82, 2.24) is 10.2 Å². The van der Waals surface area contributed by atoms with Crippen LogP contribution in [0.15, 0.2) is 24.3 Å². The van der Waals surface area contributed by atoms with Gasteiger partial charge in [0.05, 0.1) is 5.54 Å². The predicted molar refractivity (Wildman–Crippen MR) is 93.4 cm³/mol. The quantitative estimate of drug-likeness (QED) is 0.860. The SMILES string of the molecule is Cl.Cl.NC1(C(=O)NCc2cccc(CN3CCCC3)c2)CC1. The molecule has 6 heteroatoms. The summed E-state index contributed by atoms with van der Waals surface area (Å²) in [6.45, 7) is 4.00. The number of amides is 1. The molecule has 22 heavy (non-hydrogen) atoms. The highest BCUT2D eigenvalue weighted by molar-refractivity contribution is 5.88. The van der Waals surface area contributed by atoms with Crippen LogP contribution in [-0.2, 0) is 17.9 Å². The summed E-state index contributed by atoms with van der Waals surface area (Å²) in [5.74, 6) is -0.0116. The molecule has 0 unspecified atom stereocenters. The third-order valence-electron chi connectivity index (χ3n) is 4.29. The summed E-state index contributed by atoms with van der Waals surface area (Å²) >= 11 is 0. The molecule has 0 spiro atoms. The summed E-state index contributed by atoms with van der Waals surface area (Å²) in [5.41, 5.74) is 7.78. The first-order valence-corrected chi connectivity index (χ1v) is 7.53. The van der Waals surface area contributed by atoms with Crippen molar-refractivity contribution in [2.24, 2.45) is 5.73 Å². The number of carbonyl (C=O) groups is 1. The number of halogens is 2. The molecule has 1 aliphatic carbocycles. The number of nitrogens with one attached hydrogen (secondary N) is 1. The van der Waals surface area contributed by atoms with Crippen LogP contribution in [0.4, 0.5) is 0 Å². The maximum atomic E-state index is 11.8. The van der Waals surface area contributed by atoms with E-state index in [0.717, 1.165) is 24.9 Å². The molecule has 1 amide bonds. The van der Waals surface area contributed by atoms with E-state index in [1.54, 1.807) is 0 Å². The topological polar surface area (TPSA) is 58.4 Å². The van der Waals surface area contributed by atoms with E-state index < -0.39 is 5.54 Å². The number of rotatable bonds is 5. The highest BCUT2D eigenvalue weighted by Crippen LogP contribution is 2.32. The monoisotopic (exact) mass is 345 g/mol. The number of hydrogen-bond donors (Lipinski definition) is 2. The van der Waals surface area contributed by atoms with Gasteiger partial charge in [-0.25, -0.2) is 0 Å². The molecule has 3 rings (SSSR count). The lowest BCUT2D eigenvalue weighted by atomic mass is 10.1. The molecule has 1 aromatic rings. The Balaban J connectivity index is 0.00000121. The van der Waals surface area contributed by atoms with Gasteiger partial charge in [-0.05, 0) is 49.9 Å². The van der Waals surface area contributed by atoms with Crippen LogP contribution in [0.2, 0.25) is 0 Å². The minimum Gasteiger partial charge on any atom is -0.350 e. The number of hydrogen-bond acceptors (Lipinski definition) is 3. The smallest absolute Gasteiger partial charge is 0.240 e. The summed E-state index contributed by atoms with van der Waals surface area (Å²) in [6, 6.07) is 8.48. The van der Waals surface area contributed by atoms with E-state index in [1.807, 2.05) is 0 Å². The van der Waals surface area contributed by atoms with Crippen molar-refractivity contribution in [3.8, 4) is 0 Å². The van der Waals surface area contributed by atoms with E-state index in [-0.39, 0.29) is 30.7 Å². The van der Waals surface area contributed by atoms with Crippen LogP contribution in [0, 0.1) is 0 Å². The first-order chi connectivity index (χ1) is 9.66. The van der Waals surface area contributed by atoms with Crippen molar-refractivity contribution in [2.75, 3.05) is 13.1 Å². The Bertz CT molecular complexity index is 500. The van der Waals surface area contributed by atoms with Crippen molar-refractivity contribution in [1.29, 1.82) is 0 Å². The van der Waals surface area contributed by atoms with Gasteiger partial charge in [-0.15, -0.1) is 24.8 Å². The van der Waals surface area contributed by atoms with Crippen LogP contribution < -0.4 is 11.1 Å². The van der Waals surface area contributed by atoms with Crippen molar-refractivity contribution in [3.05, 3.63) is 35.4 Å². The number of likely N-dealkylation sites (tertiary alicyclic amines) is 1. The molecule has 4 nitrogen and oxygen atoms in total. The van der Waals surface area contributed by atoms with Gasteiger partial charge in [0.2, 0.25) is 5.91 Å². The van der Waals surface area contributed by atoms with E-state index >= 15 is 0 Å². The molecule has 124 valence electrons. The van der Waals surface area contributed by atoms with Gasteiger partial charge in [0.15, 0.2) is 0 Å². The Labute approximate surface area is 144 Å². The molecule has 1 saturated carbocycles. The van der Waals surface area contributed by atoms with Gasteiger partial charge >= 0.3 is 0 Å². The zero-order valence-electron chi connectivity index (χ0n) is 12.7. The van der Waals surface area contributed by atoms with Crippen LogP contribution >= 0.6 is 24.8 Å². The maximum absolute atomic E-state index is 11.8. The molecule has 1 aromatic carbocycles. The Morgan fingerprint density at radius 2 is 1.82 bits per heavy atom. The Hall–Kier alpha value is -0.810. The van der Waals surface area contributed by atoms with Crippen LogP contribution in [0.3, 0.4) is 0 Å². The van der Waals surface area contributed by atoms with E-state index in [4.69, 9.17) is 5.73 Å². The lowest BCUT2D eigenvalue weighted by Gasteiger charge is -2.15. The second-order valence-electron chi connectivity index (χ2n) is 6.14. The fourth-order valence-corrected chi connectivity index (χ4v) is 2.76. The zero-order chi connectivity index (χ0) is 14.0. The molecule has 3 N–H and O–H groups in total. The van der Waals surface area contributed by atoms with Gasteiger partial charge in [-0.1, -0.05) is 24.3 Å². The Kier molecular flexibility index (Phi) is 7.13. The maximum Gasteiger partial charge on any atom is 0.240 e. The lowest BCUT2D eigenvalue weighted by molar-refractivity contribution is -0.123. The highest BCUT2D eigenvalue weighted by atomic mass is 35.5. The molecule has 1 aliphatic heterocycles. The van der Waals surface area contributed by atoms with Gasteiger partial charge in [0.25, 0.3) is 0 Å². The number of nitrogens with two attached hydrogens (primary N) is 1. The normalized spacial score (nSPS) is 19.0. The lowest BCUT2D eigenvalue weighted by Crippen LogP contribution is -2.42. The predicted octanol–water partition coefficient (Wildman–Crippen LogP) is 2.23. The van der Waals surface area contributed by atoms with Crippen molar-refractivity contribution >= 4 is 30.7 Å². The van der Waals surface area contributed by atoms with Crippen LogP contribution in [0.5, 0.6) is 0 Å². The molecule has 0 aromatic heterocycles. The van der Waals surface area contributed by atoms with Crippen molar-refractivity contribution in [2.45, 2.75) is 44.3 Å². The second kappa shape index (κ2) is 8.16. The first-order valence-electron chi connectivity index (χ1n) is 7.53. The fourth-order valence-electron chi connectivity index (χ4n) is 2.76. The molecule has 2 aliphatic rings. The van der Waals surface area contributed by atoms with E-state index in [9.17, 15) is 4.79 Å². The minimum absolute atomic E-state index is 0. The van der Waals surface area contributed by atoms with E-state index in [0.29, 0.717) is 6.54 Å². The third kappa shape index (κ3) is 4.85. The molecular formula is C16H25Cl2N3O. The summed E-state index contributed by atoms with van der Waals surface area (Å²) in [6.07, 6.45) is 4.25. The summed E-state index contributed by atoms with van der Waals surface area (Å²) in [4.78, 5) is 14.3. The van der Waals surface area contributed by atoms with Crippen molar-refractivity contribution < 1.29 is 4.79 Å². The molecule has 0 atom stereocenters. The highest BCUT2D eigenvalue weighted by Gasteiger charge is 2.45. The van der Waals surface area contributed by atoms with Crippen molar-refractivity contribution in [3.63, 3.8) is 0 Å². The van der Waals surface area contributed by atoms with Gasteiger partial charge in [-0.2, -0.15) is 0 Å². The van der Waals surface area contributed by atoms with E-state index in [1.165, 1.54) is 31.5 Å². The average Bonchev–Trinajstić information content (AvgIpc) is 3.00. The van der Waals surface area contributed by atoms with Crippen LogP contribution in [0.1, 0.15) is 36.8 Å². The third-order valence-corrected chi connectivity index (χ3v) is 4.29. The van der Waals surface area contributed by atoms with Gasteiger partial charge in [-0.3, -0.25) is 9.69 Å². The molecule has 2 fully saturated rings. The number of benzene rings is 1. The summed E-state index contributed by atoms with van der Waals surface area (Å²) in [7, 11) is 0. The zero-order valence-corrected chi connectivity index (χ0v) is 14.3. The second-order valence-corrected chi connectivity index (χ2v) is 6.14. The van der Waals surface area contributed by atoms with Gasteiger partial charge < -0.3 is 11.1 Å². The molecule has 0 radical (unpaired) electrons. The van der Waals surface area contributed by atoms with Gasteiger partial charge in [0.1, 0.15) is 0 Å². The number of carbonyl (C=O) groups excluding carboxylic acids is 1. The van der Waals surface area contributed by atoms with Gasteiger partial charge in [0, 0.05) is 13.1 Å². The molecular weight excluding hydrogens is 321 g/mol. The summed E-state index contributed by atoms with van der Waals surface area (Å²) < 4.78 is 0. The van der Waals surface area contributed by atoms with Crippen LogP contribution in [0.25, 0.3) is 0 Å². The van der Waals surface area contributed by atoms with E-state index in [2.05, 4.69) is 34.5 Å². The van der Waals surface area contributed by atoms with Crippen LogP contribution in [-0.4, -0.2) is 29.4 Å². The largest absolute Gasteiger partial charge is 0.350 e. The Morgan fingerprint density at radius 3 is 2.45 bits per heavy atom. The Morgan fingerprint density at radius 1 is 1.18 bits per heavy atom. The molecule has 1 heterocycles. The average molecular weight is 346 g/mol. The first kappa shape index (κ1) is 19.2. The molecule has 0 bridgehead atoms.